The lowest BCUT2D eigenvalue weighted by Gasteiger charge is -2.34. The van der Waals surface area contributed by atoms with E-state index in [1.807, 2.05) is 19.1 Å². The Morgan fingerprint density at radius 2 is 2.12 bits per heavy atom. The van der Waals surface area contributed by atoms with Crippen LogP contribution in [-0.4, -0.2) is 29.1 Å². The Morgan fingerprint density at radius 3 is 2.83 bits per heavy atom. The second-order valence-electron chi connectivity index (χ2n) is 6.80. The summed E-state index contributed by atoms with van der Waals surface area (Å²) in [7, 11) is 0. The molecule has 24 heavy (non-hydrogen) atoms. The minimum atomic E-state index is -0.728. The van der Waals surface area contributed by atoms with Crippen LogP contribution in [0.3, 0.4) is 0 Å². The fourth-order valence-electron chi connectivity index (χ4n) is 3.50. The molecule has 2 aromatic rings. The SMILES string of the molecule is Cc1cc(F)ccc1-c1ccc(CN2CC(C)CC(C(=O)O)C2)o1. The Bertz CT molecular complexity index is 740. The number of hydrogen-bond acceptors (Lipinski definition) is 3. The molecule has 128 valence electrons. The first-order valence-electron chi connectivity index (χ1n) is 8.22. The lowest BCUT2D eigenvalue weighted by Crippen LogP contribution is -2.41. The average molecular weight is 331 g/mol. The molecule has 0 saturated carbocycles. The second-order valence-corrected chi connectivity index (χ2v) is 6.80. The van der Waals surface area contributed by atoms with E-state index in [0.717, 1.165) is 29.9 Å². The van der Waals surface area contributed by atoms with Gasteiger partial charge in [0.15, 0.2) is 0 Å². The molecule has 1 N–H and O–H groups in total. The van der Waals surface area contributed by atoms with Gasteiger partial charge in [-0.1, -0.05) is 6.92 Å². The summed E-state index contributed by atoms with van der Waals surface area (Å²) in [5, 5.41) is 9.26. The van der Waals surface area contributed by atoms with Crippen molar-refractivity contribution < 1.29 is 18.7 Å². The molecule has 0 spiro atoms. The first-order chi connectivity index (χ1) is 11.4. The monoisotopic (exact) mass is 331 g/mol. The number of piperidine rings is 1. The Labute approximate surface area is 140 Å². The molecule has 1 fully saturated rings. The van der Waals surface area contributed by atoms with Crippen LogP contribution in [0.4, 0.5) is 4.39 Å². The van der Waals surface area contributed by atoms with Crippen LogP contribution < -0.4 is 0 Å². The molecule has 2 heterocycles. The third kappa shape index (κ3) is 3.67. The van der Waals surface area contributed by atoms with Gasteiger partial charge >= 0.3 is 5.97 Å². The zero-order valence-electron chi connectivity index (χ0n) is 14.0. The number of carboxylic acids is 1. The molecule has 1 aromatic carbocycles. The number of aryl methyl sites for hydroxylation is 1. The zero-order chi connectivity index (χ0) is 17.3. The van der Waals surface area contributed by atoms with E-state index in [1.165, 1.54) is 12.1 Å². The molecule has 0 aliphatic carbocycles. The number of benzene rings is 1. The smallest absolute Gasteiger partial charge is 0.307 e. The van der Waals surface area contributed by atoms with E-state index in [9.17, 15) is 14.3 Å². The topological polar surface area (TPSA) is 53.7 Å². The first-order valence-corrected chi connectivity index (χ1v) is 8.22. The summed E-state index contributed by atoms with van der Waals surface area (Å²) < 4.78 is 19.1. The van der Waals surface area contributed by atoms with E-state index in [2.05, 4.69) is 11.8 Å². The summed E-state index contributed by atoms with van der Waals surface area (Å²) in [4.78, 5) is 13.4. The predicted octanol–water partition coefficient (Wildman–Crippen LogP) is 3.94. The van der Waals surface area contributed by atoms with Gasteiger partial charge in [-0.2, -0.15) is 0 Å². The van der Waals surface area contributed by atoms with Crippen molar-refractivity contribution >= 4 is 5.97 Å². The van der Waals surface area contributed by atoms with Crippen molar-refractivity contribution in [1.29, 1.82) is 0 Å². The summed E-state index contributed by atoms with van der Waals surface area (Å²) in [6.45, 7) is 5.94. The standard InChI is InChI=1S/C19H22FNO3/c1-12-7-14(19(22)23)10-21(9-12)11-16-4-6-18(24-16)17-5-3-15(20)8-13(17)2/h3-6,8,12,14H,7,9-11H2,1-2H3,(H,22,23). The van der Waals surface area contributed by atoms with Crippen LogP contribution in [-0.2, 0) is 11.3 Å². The third-order valence-electron chi connectivity index (χ3n) is 4.58. The van der Waals surface area contributed by atoms with E-state index in [-0.39, 0.29) is 11.7 Å². The fourth-order valence-corrected chi connectivity index (χ4v) is 3.50. The number of carboxylic acid groups (broad SMARTS) is 1. The van der Waals surface area contributed by atoms with Crippen LogP contribution in [0.25, 0.3) is 11.3 Å². The minimum absolute atomic E-state index is 0.259. The predicted molar refractivity (Wildman–Crippen MR) is 89.0 cm³/mol. The van der Waals surface area contributed by atoms with E-state index in [0.29, 0.717) is 24.8 Å². The van der Waals surface area contributed by atoms with E-state index in [4.69, 9.17) is 4.42 Å². The highest BCUT2D eigenvalue weighted by Gasteiger charge is 2.29. The third-order valence-corrected chi connectivity index (χ3v) is 4.58. The zero-order valence-corrected chi connectivity index (χ0v) is 14.0. The van der Waals surface area contributed by atoms with Gasteiger partial charge in [0.1, 0.15) is 17.3 Å². The molecule has 2 unspecified atom stereocenters. The molecule has 0 amide bonds. The molecule has 1 saturated heterocycles. The highest BCUT2D eigenvalue weighted by Crippen LogP contribution is 2.28. The molecule has 1 aliphatic heterocycles. The summed E-state index contributed by atoms with van der Waals surface area (Å²) >= 11 is 0. The molecule has 1 aromatic heterocycles. The molecule has 5 heteroatoms. The van der Waals surface area contributed by atoms with Gasteiger partial charge in [0.25, 0.3) is 0 Å². The van der Waals surface area contributed by atoms with Crippen molar-refractivity contribution in [2.45, 2.75) is 26.8 Å². The number of hydrogen-bond donors (Lipinski definition) is 1. The number of likely N-dealkylation sites (tertiary alicyclic amines) is 1. The van der Waals surface area contributed by atoms with Gasteiger partial charge < -0.3 is 9.52 Å². The van der Waals surface area contributed by atoms with E-state index < -0.39 is 5.97 Å². The average Bonchev–Trinajstić information content (AvgIpc) is 2.94. The Balaban J connectivity index is 1.73. The van der Waals surface area contributed by atoms with Gasteiger partial charge in [-0.3, -0.25) is 9.69 Å². The van der Waals surface area contributed by atoms with Crippen molar-refractivity contribution in [3.63, 3.8) is 0 Å². The van der Waals surface area contributed by atoms with Crippen LogP contribution >= 0.6 is 0 Å². The first kappa shape index (κ1) is 16.7. The maximum atomic E-state index is 13.2. The number of aliphatic carboxylic acids is 1. The fraction of sp³-hybridized carbons (Fsp3) is 0.421. The van der Waals surface area contributed by atoms with Crippen molar-refractivity contribution in [3.05, 3.63) is 47.5 Å². The van der Waals surface area contributed by atoms with Crippen LogP contribution in [0, 0.1) is 24.6 Å². The van der Waals surface area contributed by atoms with Gasteiger partial charge in [-0.25, -0.2) is 4.39 Å². The molecular formula is C19H22FNO3. The van der Waals surface area contributed by atoms with Gasteiger partial charge in [-0.15, -0.1) is 0 Å². The largest absolute Gasteiger partial charge is 0.481 e. The van der Waals surface area contributed by atoms with Gasteiger partial charge in [-0.05, 0) is 55.2 Å². The maximum absolute atomic E-state index is 13.2. The summed E-state index contributed by atoms with van der Waals surface area (Å²) in [6, 6.07) is 8.43. The van der Waals surface area contributed by atoms with Crippen molar-refractivity contribution in [2.75, 3.05) is 13.1 Å². The quantitative estimate of drug-likeness (QED) is 0.922. The van der Waals surface area contributed by atoms with Crippen LogP contribution in [0.2, 0.25) is 0 Å². The van der Waals surface area contributed by atoms with E-state index >= 15 is 0 Å². The van der Waals surface area contributed by atoms with E-state index in [1.54, 1.807) is 6.07 Å². The van der Waals surface area contributed by atoms with Crippen LogP contribution in [0.1, 0.15) is 24.7 Å². The van der Waals surface area contributed by atoms with Crippen LogP contribution in [0.15, 0.2) is 34.7 Å². The molecule has 1 aliphatic rings. The number of rotatable bonds is 4. The van der Waals surface area contributed by atoms with Gasteiger partial charge in [0, 0.05) is 18.7 Å². The number of carbonyl (C=O) groups is 1. The summed E-state index contributed by atoms with van der Waals surface area (Å²) in [5.41, 5.74) is 1.70. The van der Waals surface area contributed by atoms with Gasteiger partial charge in [0.2, 0.25) is 0 Å². The summed E-state index contributed by atoms with van der Waals surface area (Å²) in [5.74, 6) is 0.559. The highest BCUT2D eigenvalue weighted by atomic mass is 19.1. The van der Waals surface area contributed by atoms with Crippen molar-refractivity contribution in [3.8, 4) is 11.3 Å². The Kier molecular flexibility index (Phi) is 4.71. The maximum Gasteiger partial charge on any atom is 0.307 e. The lowest BCUT2D eigenvalue weighted by molar-refractivity contribution is -0.144. The van der Waals surface area contributed by atoms with Crippen molar-refractivity contribution in [2.24, 2.45) is 11.8 Å². The Morgan fingerprint density at radius 1 is 1.33 bits per heavy atom. The Hall–Kier alpha value is -2.14. The molecule has 3 rings (SSSR count). The minimum Gasteiger partial charge on any atom is -0.481 e. The molecule has 4 nitrogen and oxygen atoms in total. The molecule has 0 bridgehead atoms. The van der Waals surface area contributed by atoms with Gasteiger partial charge in [0.05, 0.1) is 12.5 Å². The van der Waals surface area contributed by atoms with Crippen LogP contribution in [0.5, 0.6) is 0 Å². The molecule has 0 radical (unpaired) electrons. The lowest BCUT2D eigenvalue weighted by atomic mass is 9.90. The highest BCUT2D eigenvalue weighted by molar-refractivity contribution is 5.70. The molecular weight excluding hydrogens is 309 g/mol. The molecule has 2 atom stereocenters. The number of nitrogens with zero attached hydrogens (tertiary/aromatic N) is 1. The van der Waals surface area contributed by atoms with Crippen molar-refractivity contribution in [1.82, 2.24) is 4.90 Å². The second kappa shape index (κ2) is 6.77. The normalized spacial score (nSPS) is 21.8. The number of halogens is 1. The summed E-state index contributed by atoms with van der Waals surface area (Å²) in [6.07, 6.45) is 0.726. The number of furan rings is 1.